The number of hydrogen-bond donors (Lipinski definition) is 0. The first kappa shape index (κ1) is 34.6. The van der Waals surface area contributed by atoms with E-state index < -0.39 is 5.41 Å². The molecule has 2 aliphatic carbocycles. The van der Waals surface area contributed by atoms with Gasteiger partial charge in [0.05, 0.1) is 5.41 Å². The number of fused-ring (bicyclic) bond motifs is 17. The van der Waals surface area contributed by atoms with Crippen molar-refractivity contribution in [2.45, 2.75) is 5.41 Å². The van der Waals surface area contributed by atoms with Crippen molar-refractivity contribution in [2.75, 3.05) is 0 Å². The molecule has 2 aliphatic rings. The molecule has 0 saturated carbocycles. The minimum atomic E-state index is -0.417. The van der Waals surface area contributed by atoms with Gasteiger partial charge in [0.2, 0.25) is 0 Å². The molecular weight excluding hydrogens is 757 g/mol. The summed E-state index contributed by atoms with van der Waals surface area (Å²) in [6.07, 6.45) is 0. The highest BCUT2D eigenvalue weighted by atomic mass is 14.5. The van der Waals surface area contributed by atoms with Crippen molar-refractivity contribution < 1.29 is 0 Å². The fourth-order valence-corrected chi connectivity index (χ4v) is 11.8. The normalized spacial score (nSPS) is 13.2. The van der Waals surface area contributed by atoms with Gasteiger partial charge in [-0.3, -0.25) is 0 Å². The highest BCUT2D eigenvalue weighted by Crippen LogP contribution is 2.65. The first-order chi connectivity index (χ1) is 31.3. The quantitative estimate of drug-likeness (QED) is 0.156. The molecule has 0 N–H and O–H groups in total. The van der Waals surface area contributed by atoms with Gasteiger partial charge in [0.1, 0.15) is 0 Å². The maximum Gasteiger partial charge on any atom is 0.0731 e. The monoisotopic (exact) mass is 794 g/mol. The minimum absolute atomic E-state index is 0.417. The van der Waals surface area contributed by atoms with Crippen molar-refractivity contribution >= 4 is 53.9 Å². The molecule has 0 heterocycles. The fourth-order valence-electron chi connectivity index (χ4n) is 11.8. The topological polar surface area (TPSA) is 0 Å². The third-order valence-corrected chi connectivity index (χ3v) is 14.4. The Balaban J connectivity index is 0.933. The van der Waals surface area contributed by atoms with Crippen LogP contribution in [0.3, 0.4) is 0 Å². The summed E-state index contributed by atoms with van der Waals surface area (Å²) in [4.78, 5) is 0. The molecule has 14 rings (SSSR count). The molecule has 1 spiro atoms. The van der Waals surface area contributed by atoms with Crippen LogP contribution >= 0.6 is 0 Å². The van der Waals surface area contributed by atoms with E-state index in [0.717, 1.165) is 0 Å². The van der Waals surface area contributed by atoms with Crippen LogP contribution in [-0.2, 0) is 5.41 Å². The molecule has 0 aromatic heterocycles. The van der Waals surface area contributed by atoms with Crippen LogP contribution in [0.4, 0.5) is 0 Å². The summed E-state index contributed by atoms with van der Waals surface area (Å²) in [6, 6.07) is 86.6. The highest BCUT2D eigenvalue weighted by Gasteiger charge is 2.52. The minimum Gasteiger partial charge on any atom is -0.0619 e. The molecule has 0 nitrogen and oxygen atoms in total. The second-order valence-electron chi connectivity index (χ2n) is 17.5. The lowest BCUT2D eigenvalue weighted by molar-refractivity contribution is 0.802. The van der Waals surface area contributed by atoms with Crippen LogP contribution in [0.5, 0.6) is 0 Å². The third kappa shape index (κ3) is 4.70. The molecule has 290 valence electrons. The van der Waals surface area contributed by atoms with Gasteiger partial charge in [0.15, 0.2) is 0 Å². The Labute approximate surface area is 366 Å². The third-order valence-electron chi connectivity index (χ3n) is 14.4. The van der Waals surface area contributed by atoms with Crippen molar-refractivity contribution in [1.82, 2.24) is 0 Å². The van der Waals surface area contributed by atoms with Gasteiger partial charge in [0, 0.05) is 0 Å². The van der Waals surface area contributed by atoms with E-state index in [1.807, 2.05) is 0 Å². The Morgan fingerprint density at radius 1 is 0.222 bits per heavy atom. The van der Waals surface area contributed by atoms with Crippen LogP contribution in [0.25, 0.3) is 109 Å². The summed E-state index contributed by atoms with van der Waals surface area (Å²) < 4.78 is 0. The summed E-state index contributed by atoms with van der Waals surface area (Å²) in [5.41, 5.74) is 17.9. The first-order valence-electron chi connectivity index (χ1n) is 22.1. The summed E-state index contributed by atoms with van der Waals surface area (Å²) in [6.45, 7) is 0. The van der Waals surface area contributed by atoms with Crippen molar-refractivity contribution in [3.8, 4) is 55.6 Å². The lowest BCUT2D eigenvalue weighted by Crippen LogP contribution is -2.26. The Hall–Kier alpha value is -8.06. The number of hydrogen-bond acceptors (Lipinski definition) is 0. The van der Waals surface area contributed by atoms with Gasteiger partial charge in [-0.2, -0.15) is 0 Å². The van der Waals surface area contributed by atoms with E-state index in [0.29, 0.717) is 0 Å². The average Bonchev–Trinajstić information content (AvgIpc) is 3.83. The van der Waals surface area contributed by atoms with Gasteiger partial charge in [0.25, 0.3) is 0 Å². The van der Waals surface area contributed by atoms with Crippen molar-refractivity contribution in [1.29, 1.82) is 0 Å². The standard InChI is InChI=1S/C63H38/c1-2-15-43-38-46(30-27-39(43)13-1)60-53-21-7-5-19-51(53)59(52-20-6-8-22-54(52)60)42-28-25-40(26-29-42)44-31-34-48-45(37-44)32-35-55-61-47-16-4-3-14-41(47)33-36-58(61)63(62(48)55)56-23-11-9-17-49(56)50-18-10-12-24-57(50)63/h1-38H. The van der Waals surface area contributed by atoms with Crippen LogP contribution in [0.1, 0.15) is 22.3 Å². The van der Waals surface area contributed by atoms with E-state index in [4.69, 9.17) is 0 Å². The average molecular weight is 795 g/mol. The van der Waals surface area contributed by atoms with Gasteiger partial charge < -0.3 is 0 Å². The fraction of sp³-hybridized carbons (Fsp3) is 0.0159. The second-order valence-corrected chi connectivity index (χ2v) is 17.5. The largest absolute Gasteiger partial charge is 0.0731 e. The number of benzene rings is 12. The molecule has 0 atom stereocenters. The molecule has 0 aliphatic heterocycles. The molecule has 12 aromatic rings. The molecule has 0 unspecified atom stereocenters. The van der Waals surface area contributed by atoms with E-state index >= 15 is 0 Å². The Morgan fingerprint density at radius 2 is 0.698 bits per heavy atom. The van der Waals surface area contributed by atoms with Crippen LogP contribution in [0, 0.1) is 0 Å². The van der Waals surface area contributed by atoms with E-state index in [9.17, 15) is 0 Å². The van der Waals surface area contributed by atoms with Crippen LogP contribution in [0.2, 0.25) is 0 Å². The summed E-state index contributed by atoms with van der Waals surface area (Å²) in [5.74, 6) is 0. The Bertz CT molecular complexity index is 3800. The van der Waals surface area contributed by atoms with E-state index in [-0.39, 0.29) is 0 Å². The van der Waals surface area contributed by atoms with Gasteiger partial charge in [-0.25, -0.2) is 0 Å². The van der Waals surface area contributed by atoms with Gasteiger partial charge in [-0.05, 0) is 144 Å². The van der Waals surface area contributed by atoms with Gasteiger partial charge in [-0.1, -0.05) is 218 Å². The zero-order valence-electron chi connectivity index (χ0n) is 34.4. The van der Waals surface area contributed by atoms with E-state index in [1.165, 1.54) is 132 Å². The summed E-state index contributed by atoms with van der Waals surface area (Å²) >= 11 is 0. The maximum absolute atomic E-state index is 2.42. The van der Waals surface area contributed by atoms with Gasteiger partial charge in [-0.15, -0.1) is 0 Å². The molecule has 0 radical (unpaired) electrons. The highest BCUT2D eigenvalue weighted by molar-refractivity contribution is 6.22. The lowest BCUT2D eigenvalue weighted by Gasteiger charge is -2.31. The number of rotatable bonds is 3. The van der Waals surface area contributed by atoms with Crippen molar-refractivity contribution in [3.05, 3.63) is 253 Å². The second kappa shape index (κ2) is 13.0. The molecule has 63 heavy (non-hydrogen) atoms. The molecule has 0 fully saturated rings. The van der Waals surface area contributed by atoms with Crippen LogP contribution in [-0.4, -0.2) is 0 Å². The van der Waals surface area contributed by atoms with Gasteiger partial charge >= 0.3 is 0 Å². The Kier molecular flexibility index (Phi) is 7.13. The van der Waals surface area contributed by atoms with Crippen molar-refractivity contribution in [3.63, 3.8) is 0 Å². The SMILES string of the molecule is c1ccc2c(c1)-c1ccccc1C21c2ccc3ccccc3c2-c2ccc3cc(-c4ccc(-c5c6ccccc6c(-c6ccc7ccccc7c6)c6ccccc56)cc4)ccc3c21. The summed E-state index contributed by atoms with van der Waals surface area (Å²) in [5, 5.41) is 12.8. The smallest absolute Gasteiger partial charge is 0.0619 e. The summed E-state index contributed by atoms with van der Waals surface area (Å²) in [7, 11) is 0. The maximum atomic E-state index is 2.42. The van der Waals surface area contributed by atoms with Crippen molar-refractivity contribution in [2.24, 2.45) is 0 Å². The molecular formula is C63H38. The Morgan fingerprint density at radius 3 is 1.38 bits per heavy atom. The first-order valence-corrected chi connectivity index (χ1v) is 22.1. The lowest BCUT2D eigenvalue weighted by atomic mass is 9.69. The van der Waals surface area contributed by atoms with E-state index in [1.54, 1.807) is 0 Å². The molecule has 12 aromatic carbocycles. The van der Waals surface area contributed by atoms with E-state index in [2.05, 4.69) is 231 Å². The van der Waals surface area contributed by atoms with Crippen LogP contribution in [0.15, 0.2) is 231 Å². The zero-order valence-corrected chi connectivity index (χ0v) is 34.4. The predicted molar refractivity (Wildman–Crippen MR) is 267 cm³/mol. The van der Waals surface area contributed by atoms with Crippen LogP contribution < -0.4 is 0 Å². The molecule has 0 heteroatoms. The zero-order chi connectivity index (χ0) is 41.2. The molecule has 0 amide bonds. The molecule has 0 bridgehead atoms. The molecule has 0 saturated heterocycles. The predicted octanol–water partition coefficient (Wildman–Crippen LogP) is 16.8.